The van der Waals surface area contributed by atoms with Gasteiger partial charge in [-0.15, -0.1) is 0 Å². The third-order valence-electron chi connectivity index (χ3n) is 2.77. The van der Waals surface area contributed by atoms with Gasteiger partial charge in [0.25, 0.3) is 0 Å². The molecule has 2 aromatic rings. The highest BCUT2D eigenvalue weighted by Crippen LogP contribution is 2.21. The molecular formula is C11H11BrN4. The van der Waals surface area contributed by atoms with E-state index in [1.54, 1.807) is 0 Å². The molecule has 1 fully saturated rings. The molecule has 0 amide bonds. The van der Waals surface area contributed by atoms with E-state index >= 15 is 0 Å². The fourth-order valence-corrected chi connectivity index (χ4v) is 1.93. The molecule has 0 aliphatic carbocycles. The second-order valence-electron chi connectivity index (χ2n) is 3.91. The molecule has 16 heavy (non-hydrogen) atoms. The third-order valence-corrected chi connectivity index (χ3v) is 3.30. The average molecular weight is 279 g/mol. The predicted octanol–water partition coefficient (Wildman–Crippen LogP) is 1.92. The van der Waals surface area contributed by atoms with Gasteiger partial charge >= 0.3 is 0 Å². The molecule has 1 aromatic heterocycles. The number of H-pyrrole nitrogens is 1. The van der Waals surface area contributed by atoms with Crippen LogP contribution in [0.15, 0.2) is 28.7 Å². The van der Waals surface area contributed by atoms with Crippen molar-refractivity contribution in [1.82, 2.24) is 20.5 Å². The Morgan fingerprint density at radius 2 is 1.94 bits per heavy atom. The van der Waals surface area contributed by atoms with E-state index in [0.29, 0.717) is 5.92 Å². The quantitative estimate of drug-likeness (QED) is 0.883. The molecule has 2 N–H and O–H groups in total. The fraction of sp³-hybridized carbons (Fsp3) is 0.273. The van der Waals surface area contributed by atoms with Gasteiger partial charge in [0.1, 0.15) is 5.82 Å². The zero-order valence-electron chi connectivity index (χ0n) is 8.57. The second-order valence-corrected chi connectivity index (χ2v) is 4.82. The van der Waals surface area contributed by atoms with E-state index in [4.69, 9.17) is 0 Å². The Hall–Kier alpha value is -1.20. The number of hydrogen-bond donors (Lipinski definition) is 2. The summed E-state index contributed by atoms with van der Waals surface area (Å²) in [5, 5.41) is 10.5. The van der Waals surface area contributed by atoms with Crippen LogP contribution in [-0.2, 0) is 0 Å². The second kappa shape index (κ2) is 3.99. The summed E-state index contributed by atoms with van der Waals surface area (Å²) in [5.74, 6) is 2.25. The van der Waals surface area contributed by atoms with E-state index < -0.39 is 0 Å². The molecule has 1 aliphatic heterocycles. The van der Waals surface area contributed by atoms with E-state index in [0.717, 1.165) is 34.8 Å². The minimum atomic E-state index is 0.497. The molecule has 0 unspecified atom stereocenters. The summed E-state index contributed by atoms with van der Waals surface area (Å²) in [5.41, 5.74) is 1.04. The van der Waals surface area contributed by atoms with Crippen molar-refractivity contribution in [3.63, 3.8) is 0 Å². The number of nitrogens with zero attached hydrogens (tertiary/aromatic N) is 2. The predicted molar refractivity (Wildman–Crippen MR) is 65.1 cm³/mol. The van der Waals surface area contributed by atoms with Crippen LogP contribution in [0.5, 0.6) is 0 Å². The largest absolute Gasteiger partial charge is 0.315 e. The van der Waals surface area contributed by atoms with Crippen LogP contribution in [0.25, 0.3) is 11.4 Å². The molecule has 0 bridgehead atoms. The van der Waals surface area contributed by atoms with Crippen molar-refractivity contribution in [3.05, 3.63) is 34.6 Å². The molecule has 0 saturated carbocycles. The number of aromatic nitrogens is 3. The van der Waals surface area contributed by atoms with Gasteiger partial charge < -0.3 is 5.32 Å². The van der Waals surface area contributed by atoms with Gasteiger partial charge in [-0.3, -0.25) is 5.10 Å². The van der Waals surface area contributed by atoms with Crippen LogP contribution in [-0.4, -0.2) is 28.3 Å². The Kier molecular flexibility index (Phi) is 2.49. The van der Waals surface area contributed by atoms with Crippen LogP contribution < -0.4 is 5.32 Å². The van der Waals surface area contributed by atoms with Crippen molar-refractivity contribution in [1.29, 1.82) is 0 Å². The summed E-state index contributed by atoms with van der Waals surface area (Å²) in [6, 6.07) is 8.01. The number of rotatable bonds is 2. The molecular weight excluding hydrogens is 268 g/mol. The van der Waals surface area contributed by atoms with E-state index in [2.05, 4.69) is 36.4 Å². The van der Waals surface area contributed by atoms with Crippen LogP contribution in [0.4, 0.5) is 0 Å². The monoisotopic (exact) mass is 278 g/mol. The summed E-state index contributed by atoms with van der Waals surface area (Å²) in [4.78, 5) is 4.51. The molecule has 0 spiro atoms. The Morgan fingerprint density at radius 1 is 1.19 bits per heavy atom. The van der Waals surface area contributed by atoms with Crippen LogP contribution in [0.3, 0.4) is 0 Å². The smallest absolute Gasteiger partial charge is 0.181 e. The summed E-state index contributed by atoms with van der Waals surface area (Å²) in [7, 11) is 0. The first-order valence-electron chi connectivity index (χ1n) is 5.22. The fourth-order valence-electron chi connectivity index (χ4n) is 1.67. The van der Waals surface area contributed by atoms with Gasteiger partial charge in [-0.2, -0.15) is 5.10 Å². The van der Waals surface area contributed by atoms with E-state index in [1.807, 2.05) is 24.3 Å². The summed E-state index contributed by atoms with van der Waals surface area (Å²) in [6.07, 6.45) is 0. The molecule has 3 rings (SSSR count). The van der Waals surface area contributed by atoms with Crippen molar-refractivity contribution in [2.24, 2.45) is 0 Å². The van der Waals surface area contributed by atoms with Gasteiger partial charge in [0.15, 0.2) is 5.82 Å². The van der Waals surface area contributed by atoms with Crippen LogP contribution in [0.2, 0.25) is 0 Å². The normalized spacial score (nSPS) is 16.1. The maximum atomic E-state index is 4.51. The number of halogens is 1. The van der Waals surface area contributed by atoms with Gasteiger partial charge in [0.05, 0.1) is 0 Å². The van der Waals surface area contributed by atoms with Crippen LogP contribution >= 0.6 is 15.9 Å². The minimum absolute atomic E-state index is 0.497. The van der Waals surface area contributed by atoms with Crippen molar-refractivity contribution < 1.29 is 0 Å². The van der Waals surface area contributed by atoms with Crippen molar-refractivity contribution in [2.45, 2.75) is 5.92 Å². The van der Waals surface area contributed by atoms with Crippen LogP contribution in [0.1, 0.15) is 11.7 Å². The highest BCUT2D eigenvalue weighted by molar-refractivity contribution is 9.10. The Labute approximate surface area is 102 Å². The van der Waals surface area contributed by atoms with Gasteiger partial charge in [-0.05, 0) is 12.1 Å². The van der Waals surface area contributed by atoms with Gasteiger partial charge in [0.2, 0.25) is 0 Å². The van der Waals surface area contributed by atoms with E-state index in [1.165, 1.54) is 0 Å². The maximum Gasteiger partial charge on any atom is 0.181 e. The highest BCUT2D eigenvalue weighted by Gasteiger charge is 2.22. The molecule has 5 heteroatoms. The van der Waals surface area contributed by atoms with Gasteiger partial charge in [-0.25, -0.2) is 4.98 Å². The standard InChI is InChI=1S/C11H11BrN4/c12-9-3-1-7(2-4-9)10-14-11(16-15-10)8-5-13-6-8/h1-4,8,13H,5-6H2,(H,14,15,16). The lowest BCUT2D eigenvalue weighted by Gasteiger charge is -2.24. The molecule has 82 valence electrons. The Balaban J connectivity index is 1.88. The van der Waals surface area contributed by atoms with E-state index in [9.17, 15) is 0 Å². The maximum absolute atomic E-state index is 4.51. The molecule has 1 aromatic carbocycles. The van der Waals surface area contributed by atoms with Gasteiger partial charge in [-0.1, -0.05) is 28.1 Å². The lowest BCUT2D eigenvalue weighted by atomic mass is 10.0. The molecule has 2 heterocycles. The molecule has 4 nitrogen and oxygen atoms in total. The summed E-state index contributed by atoms with van der Waals surface area (Å²) in [6.45, 7) is 1.99. The molecule has 1 saturated heterocycles. The lowest BCUT2D eigenvalue weighted by molar-refractivity contribution is 0.431. The van der Waals surface area contributed by atoms with Gasteiger partial charge in [0, 0.05) is 29.0 Å². The molecule has 1 aliphatic rings. The number of aromatic amines is 1. The first kappa shape index (κ1) is 9.99. The summed E-state index contributed by atoms with van der Waals surface area (Å²) < 4.78 is 1.07. The van der Waals surface area contributed by atoms with Crippen molar-refractivity contribution in [2.75, 3.05) is 13.1 Å². The zero-order chi connectivity index (χ0) is 11.0. The SMILES string of the molecule is Brc1ccc(-c2n[nH]c(C3CNC3)n2)cc1. The molecule has 0 radical (unpaired) electrons. The van der Waals surface area contributed by atoms with Crippen molar-refractivity contribution >= 4 is 15.9 Å². The zero-order valence-corrected chi connectivity index (χ0v) is 10.2. The minimum Gasteiger partial charge on any atom is -0.315 e. The Bertz CT molecular complexity index is 487. The highest BCUT2D eigenvalue weighted by atomic mass is 79.9. The van der Waals surface area contributed by atoms with Crippen molar-refractivity contribution in [3.8, 4) is 11.4 Å². The first-order valence-corrected chi connectivity index (χ1v) is 6.01. The Morgan fingerprint density at radius 3 is 2.56 bits per heavy atom. The topological polar surface area (TPSA) is 53.6 Å². The third kappa shape index (κ3) is 1.76. The first-order chi connectivity index (χ1) is 7.83. The lowest BCUT2D eigenvalue weighted by Crippen LogP contribution is -2.40. The number of nitrogens with one attached hydrogen (secondary N) is 2. The average Bonchev–Trinajstić information content (AvgIpc) is 2.65. The molecule has 0 atom stereocenters. The summed E-state index contributed by atoms with van der Waals surface area (Å²) >= 11 is 3.41. The number of hydrogen-bond acceptors (Lipinski definition) is 3. The van der Waals surface area contributed by atoms with E-state index in [-0.39, 0.29) is 0 Å². The number of benzene rings is 1. The van der Waals surface area contributed by atoms with Crippen LogP contribution in [0, 0.1) is 0 Å².